The lowest BCUT2D eigenvalue weighted by atomic mass is 10.1. The fraction of sp³-hybridized carbons (Fsp3) is 0.333. The molecule has 0 aliphatic heterocycles. The first-order valence-corrected chi connectivity index (χ1v) is 5.13. The third kappa shape index (κ3) is 1.10. The second-order valence-corrected chi connectivity index (χ2v) is 4.29. The van der Waals surface area contributed by atoms with Crippen LogP contribution in [0.15, 0.2) is 18.2 Å². The number of rotatable bonds is 1. The Morgan fingerprint density at radius 1 is 1.29 bits per heavy atom. The third-order valence-electron chi connectivity index (χ3n) is 3.05. The molecule has 2 aromatic rings. The number of hydrogen-bond acceptors (Lipinski definition) is 1. The molecule has 2 nitrogen and oxygen atoms in total. The number of hydrogen-bond donors (Lipinski definition) is 2. The molecular formula is C12H14N2. The zero-order valence-corrected chi connectivity index (χ0v) is 8.30. The van der Waals surface area contributed by atoms with Crippen LogP contribution in [-0.4, -0.2) is 4.98 Å². The molecule has 0 bridgehead atoms. The monoisotopic (exact) mass is 186 g/mol. The second-order valence-electron chi connectivity index (χ2n) is 4.29. The number of nitrogens with two attached hydrogens (primary N) is 1. The molecule has 0 radical (unpaired) electrons. The van der Waals surface area contributed by atoms with Crippen molar-refractivity contribution in [3.63, 3.8) is 0 Å². The van der Waals surface area contributed by atoms with Crippen LogP contribution in [0.1, 0.15) is 30.0 Å². The predicted octanol–water partition coefficient (Wildman–Crippen LogP) is 2.94. The maximum absolute atomic E-state index is 5.87. The smallest absolute Gasteiger partial charge is 0.0477 e. The molecule has 1 heterocycles. The van der Waals surface area contributed by atoms with Gasteiger partial charge in [-0.2, -0.15) is 0 Å². The molecule has 0 amide bonds. The van der Waals surface area contributed by atoms with Crippen LogP contribution in [0, 0.1) is 6.92 Å². The zero-order valence-electron chi connectivity index (χ0n) is 8.30. The van der Waals surface area contributed by atoms with Gasteiger partial charge in [-0.1, -0.05) is 0 Å². The number of nitrogens with one attached hydrogen (secondary N) is 1. The predicted molar refractivity (Wildman–Crippen MR) is 59.4 cm³/mol. The van der Waals surface area contributed by atoms with E-state index in [2.05, 4.69) is 24.0 Å². The van der Waals surface area contributed by atoms with Gasteiger partial charge in [0.15, 0.2) is 0 Å². The number of anilines is 1. The summed E-state index contributed by atoms with van der Waals surface area (Å²) < 4.78 is 0. The molecule has 0 unspecified atom stereocenters. The maximum atomic E-state index is 5.87. The summed E-state index contributed by atoms with van der Waals surface area (Å²) in [6, 6.07) is 6.46. The summed E-state index contributed by atoms with van der Waals surface area (Å²) in [5.41, 5.74) is 10.5. The highest BCUT2D eigenvalue weighted by molar-refractivity contribution is 5.85. The van der Waals surface area contributed by atoms with Crippen LogP contribution in [0.4, 0.5) is 5.69 Å². The number of aryl methyl sites for hydroxylation is 1. The Bertz CT molecular complexity index is 453. The van der Waals surface area contributed by atoms with Crippen molar-refractivity contribution in [2.75, 3.05) is 5.73 Å². The van der Waals surface area contributed by atoms with Gasteiger partial charge in [0.1, 0.15) is 0 Å². The summed E-state index contributed by atoms with van der Waals surface area (Å²) in [4.78, 5) is 3.45. The molecule has 1 aromatic carbocycles. The van der Waals surface area contributed by atoms with Crippen LogP contribution in [0.3, 0.4) is 0 Å². The van der Waals surface area contributed by atoms with Crippen molar-refractivity contribution in [3.8, 4) is 0 Å². The molecule has 0 saturated heterocycles. The maximum Gasteiger partial charge on any atom is 0.0477 e. The standard InChI is InChI=1S/C12H14N2/c1-7-4-9-5-11(8-2-3-8)14-12(9)6-10(7)13/h4-6,8,14H,2-3,13H2,1H3. The number of nitrogen functional groups attached to an aromatic ring is 1. The van der Waals surface area contributed by atoms with E-state index in [1.54, 1.807) is 0 Å². The number of benzene rings is 1. The largest absolute Gasteiger partial charge is 0.398 e. The molecule has 1 saturated carbocycles. The fourth-order valence-electron chi connectivity index (χ4n) is 1.95. The van der Waals surface area contributed by atoms with Gasteiger partial charge in [-0.15, -0.1) is 0 Å². The van der Waals surface area contributed by atoms with Gasteiger partial charge in [0.25, 0.3) is 0 Å². The molecule has 3 rings (SSSR count). The van der Waals surface area contributed by atoms with Gasteiger partial charge in [-0.3, -0.25) is 0 Å². The SMILES string of the molecule is Cc1cc2cc(C3CC3)[nH]c2cc1N. The van der Waals surface area contributed by atoms with Crippen molar-refractivity contribution >= 4 is 16.6 Å². The van der Waals surface area contributed by atoms with Crippen molar-refractivity contribution in [2.45, 2.75) is 25.7 Å². The Morgan fingerprint density at radius 2 is 2.07 bits per heavy atom. The highest BCUT2D eigenvalue weighted by Gasteiger charge is 2.25. The summed E-state index contributed by atoms with van der Waals surface area (Å²) in [5.74, 6) is 0.781. The van der Waals surface area contributed by atoms with E-state index in [-0.39, 0.29) is 0 Å². The average molecular weight is 186 g/mol. The Balaban J connectivity index is 2.22. The normalized spacial score (nSPS) is 16.4. The zero-order chi connectivity index (χ0) is 9.71. The topological polar surface area (TPSA) is 41.8 Å². The van der Waals surface area contributed by atoms with Crippen LogP contribution < -0.4 is 5.73 Å². The van der Waals surface area contributed by atoms with Gasteiger partial charge in [-0.25, -0.2) is 0 Å². The van der Waals surface area contributed by atoms with Crippen LogP contribution in [0.25, 0.3) is 10.9 Å². The summed E-state index contributed by atoms with van der Waals surface area (Å²) >= 11 is 0. The van der Waals surface area contributed by atoms with Gasteiger partial charge in [0, 0.05) is 22.3 Å². The summed E-state index contributed by atoms with van der Waals surface area (Å²) in [5, 5.41) is 1.29. The van der Waals surface area contributed by atoms with E-state index >= 15 is 0 Å². The summed E-state index contributed by atoms with van der Waals surface area (Å²) in [6.07, 6.45) is 2.67. The Hall–Kier alpha value is -1.44. The lowest BCUT2D eigenvalue weighted by Gasteiger charge is -1.98. The lowest BCUT2D eigenvalue weighted by Crippen LogP contribution is -1.88. The number of fused-ring (bicyclic) bond motifs is 1. The molecule has 1 fully saturated rings. The van der Waals surface area contributed by atoms with E-state index in [9.17, 15) is 0 Å². The summed E-state index contributed by atoms with van der Waals surface area (Å²) in [7, 11) is 0. The number of aromatic nitrogens is 1. The minimum atomic E-state index is 0.781. The van der Waals surface area contributed by atoms with Crippen molar-refractivity contribution < 1.29 is 0 Å². The summed E-state index contributed by atoms with van der Waals surface area (Å²) in [6.45, 7) is 2.05. The first kappa shape index (κ1) is 7.92. The second kappa shape index (κ2) is 2.53. The molecule has 3 N–H and O–H groups in total. The van der Waals surface area contributed by atoms with Crippen molar-refractivity contribution in [1.82, 2.24) is 4.98 Å². The molecule has 1 aliphatic carbocycles. The van der Waals surface area contributed by atoms with E-state index in [0.717, 1.165) is 11.6 Å². The Labute approximate surface area is 83.1 Å². The van der Waals surface area contributed by atoms with Crippen LogP contribution in [0.5, 0.6) is 0 Å². The van der Waals surface area contributed by atoms with E-state index in [0.29, 0.717) is 0 Å². The first-order chi connectivity index (χ1) is 6.74. The average Bonchev–Trinajstić information content (AvgIpc) is 2.90. The molecule has 1 aliphatic rings. The van der Waals surface area contributed by atoms with Crippen molar-refractivity contribution in [2.24, 2.45) is 0 Å². The molecule has 0 atom stereocenters. The molecule has 14 heavy (non-hydrogen) atoms. The van der Waals surface area contributed by atoms with Gasteiger partial charge in [-0.05, 0) is 49.4 Å². The molecule has 0 spiro atoms. The minimum Gasteiger partial charge on any atom is -0.398 e. The Kier molecular flexibility index (Phi) is 1.43. The molecular weight excluding hydrogens is 172 g/mol. The fourth-order valence-corrected chi connectivity index (χ4v) is 1.95. The van der Waals surface area contributed by atoms with Gasteiger partial charge in [0.2, 0.25) is 0 Å². The van der Waals surface area contributed by atoms with E-state index in [1.807, 2.05) is 6.07 Å². The molecule has 2 heteroatoms. The van der Waals surface area contributed by atoms with Gasteiger partial charge >= 0.3 is 0 Å². The Morgan fingerprint density at radius 3 is 2.79 bits per heavy atom. The van der Waals surface area contributed by atoms with E-state index < -0.39 is 0 Å². The third-order valence-corrected chi connectivity index (χ3v) is 3.05. The molecule has 72 valence electrons. The van der Waals surface area contributed by atoms with Gasteiger partial charge < -0.3 is 10.7 Å². The van der Waals surface area contributed by atoms with Crippen molar-refractivity contribution in [1.29, 1.82) is 0 Å². The van der Waals surface area contributed by atoms with Crippen LogP contribution in [0.2, 0.25) is 0 Å². The number of aromatic amines is 1. The lowest BCUT2D eigenvalue weighted by molar-refractivity contribution is 1.06. The van der Waals surface area contributed by atoms with Gasteiger partial charge in [0.05, 0.1) is 0 Å². The van der Waals surface area contributed by atoms with E-state index in [1.165, 1.54) is 35.0 Å². The number of H-pyrrole nitrogens is 1. The van der Waals surface area contributed by atoms with Crippen LogP contribution in [-0.2, 0) is 0 Å². The first-order valence-electron chi connectivity index (χ1n) is 5.13. The van der Waals surface area contributed by atoms with Crippen molar-refractivity contribution in [3.05, 3.63) is 29.5 Å². The highest BCUT2D eigenvalue weighted by Crippen LogP contribution is 2.40. The van der Waals surface area contributed by atoms with Crippen LogP contribution >= 0.6 is 0 Å². The molecule has 1 aromatic heterocycles. The quantitative estimate of drug-likeness (QED) is 0.660. The minimum absolute atomic E-state index is 0.781. The highest BCUT2D eigenvalue weighted by atomic mass is 14.7. The van der Waals surface area contributed by atoms with E-state index in [4.69, 9.17) is 5.73 Å².